The molecule has 0 unspecified atom stereocenters. The molecule has 3 aliphatic heterocycles. The van der Waals surface area contributed by atoms with Gasteiger partial charge in [-0.15, -0.1) is 13.2 Å². The van der Waals surface area contributed by atoms with Crippen LogP contribution in [0.2, 0.25) is 0 Å². The van der Waals surface area contributed by atoms with E-state index in [9.17, 15) is 24.3 Å². The Bertz CT molecular complexity index is 1580. The number of aliphatic hydroxyl groups is 1. The molecule has 11 heteroatoms. The van der Waals surface area contributed by atoms with Crippen LogP contribution in [0.3, 0.4) is 0 Å². The summed E-state index contributed by atoms with van der Waals surface area (Å²) < 4.78 is 12.9. The molecule has 3 aliphatic rings. The highest BCUT2D eigenvalue weighted by Crippen LogP contribution is 2.59. The lowest BCUT2D eigenvalue weighted by Gasteiger charge is -2.38. The second kappa shape index (κ2) is 16.2. The van der Waals surface area contributed by atoms with Gasteiger partial charge in [-0.3, -0.25) is 19.2 Å². The van der Waals surface area contributed by atoms with Crippen LogP contribution in [0.5, 0.6) is 0 Å². The SMILES string of the molecule is C=CCCC(=O)N[C@H](C)[C@@H](OC(=O)[C@@H]1[C@H]2C(=O)N([C@H](C)CO)[C@H](C(=O)N(CC=C)c3ccc(N(CC)CC)cc3)[C@]23CC[C@H]1O3)c1ccccc1. The van der Waals surface area contributed by atoms with Gasteiger partial charge in [0.2, 0.25) is 11.8 Å². The van der Waals surface area contributed by atoms with E-state index in [1.807, 2.05) is 54.6 Å². The van der Waals surface area contributed by atoms with Crippen molar-refractivity contribution < 1.29 is 33.8 Å². The first-order valence-corrected chi connectivity index (χ1v) is 18.1. The number of carbonyl (C=O) groups excluding carboxylic acids is 4. The third-order valence-electron chi connectivity index (χ3n) is 10.6. The highest BCUT2D eigenvalue weighted by molar-refractivity contribution is 6.05. The summed E-state index contributed by atoms with van der Waals surface area (Å²) in [6, 6.07) is 14.5. The predicted octanol–water partition coefficient (Wildman–Crippen LogP) is 4.56. The fourth-order valence-electron chi connectivity index (χ4n) is 8.17. The van der Waals surface area contributed by atoms with Crippen LogP contribution in [0.1, 0.15) is 65.0 Å². The van der Waals surface area contributed by atoms with Crippen LogP contribution in [0.4, 0.5) is 11.4 Å². The van der Waals surface area contributed by atoms with Gasteiger partial charge < -0.3 is 34.6 Å². The van der Waals surface area contributed by atoms with Crippen LogP contribution in [0.15, 0.2) is 79.9 Å². The average Bonchev–Trinajstić information content (AvgIpc) is 3.79. The van der Waals surface area contributed by atoms with Crippen molar-refractivity contribution in [1.29, 1.82) is 0 Å². The highest BCUT2D eigenvalue weighted by atomic mass is 16.6. The summed E-state index contributed by atoms with van der Waals surface area (Å²) in [5.74, 6) is -3.58. The molecule has 2 aromatic rings. The van der Waals surface area contributed by atoms with E-state index in [-0.39, 0.29) is 31.4 Å². The number of esters is 1. The van der Waals surface area contributed by atoms with Crippen LogP contribution in [-0.2, 0) is 28.7 Å². The largest absolute Gasteiger partial charge is 0.455 e. The van der Waals surface area contributed by atoms with E-state index in [1.165, 1.54) is 4.90 Å². The van der Waals surface area contributed by atoms with Crippen molar-refractivity contribution in [3.8, 4) is 0 Å². The Morgan fingerprint density at radius 2 is 1.73 bits per heavy atom. The molecule has 11 nitrogen and oxygen atoms in total. The van der Waals surface area contributed by atoms with Crippen molar-refractivity contribution in [2.45, 2.75) is 89.3 Å². The molecule has 51 heavy (non-hydrogen) atoms. The normalized spacial score (nSPS) is 25.0. The molecule has 0 radical (unpaired) electrons. The third kappa shape index (κ3) is 7.19. The van der Waals surface area contributed by atoms with E-state index < -0.39 is 59.6 Å². The van der Waals surface area contributed by atoms with Crippen LogP contribution in [0, 0.1) is 11.8 Å². The topological polar surface area (TPSA) is 129 Å². The summed E-state index contributed by atoms with van der Waals surface area (Å²) >= 11 is 0. The summed E-state index contributed by atoms with van der Waals surface area (Å²) in [5, 5.41) is 13.3. The van der Waals surface area contributed by atoms with Gasteiger partial charge in [-0.05, 0) is 76.8 Å². The summed E-state index contributed by atoms with van der Waals surface area (Å²) in [7, 11) is 0. The van der Waals surface area contributed by atoms with E-state index in [1.54, 1.807) is 30.9 Å². The zero-order valence-electron chi connectivity index (χ0n) is 30.2. The number of likely N-dealkylation sites (tertiary alicyclic amines) is 1. The Kier molecular flexibility index (Phi) is 12.0. The molecule has 3 saturated heterocycles. The van der Waals surface area contributed by atoms with Crippen molar-refractivity contribution in [1.82, 2.24) is 10.2 Å². The number of ether oxygens (including phenoxy) is 2. The first-order chi connectivity index (χ1) is 24.6. The Morgan fingerprint density at radius 1 is 1.06 bits per heavy atom. The predicted molar refractivity (Wildman–Crippen MR) is 196 cm³/mol. The van der Waals surface area contributed by atoms with Crippen molar-refractivity contribution in [3.63, 3.8) is 0 Å². The minimum absolute atomic E-state index is 0.181. The minimum Gasteiger partial charge on any atom is -0.455 e. The lowest BCUT2D eigenvalue weighted by atomic mass is 9.70. The van der Waals surface area contributed by atoms with Gasteiger partial charge in [-0.25, -0.2) is 0 Å². The number of rotatable bonds is 17. The van der Waals surface area contributed by atoms with Gasteiger partial charge in [0.25, 0.3) is 5.91 Å². The van der Waals surface area contributed by atoms with Gasteiger partial charge in [0.1, 0.15) is 17.7 Å². The second-order valence-electron chi connectivity index (χ2n) is 13.7. The maximum atomic E-state index is 14.8. The maximum absolute atomic E-state index is 14.8. The smallest absolute Gasteiger partial charge is 0.313 e. The van der Waals surface area contributed by atoms with Crippen LogP contribution >= 0.6 is 0 Å². The molecule has 0 saturated carbocycles. The number of hydrogen-bond donors (Lipinski definition) is 2. The molecule has 1 spiro atoms. The van der Waals surface area contributed by atoms with Gasteiger partial charge in [0, 0.05) is 37.4 Å². The Balaban J connectivity index is 1.47. The molecular formula is C40H52N4O7. The van der Waals surface area contributed by atoms with E-state index >= 15 is 0 Å². The van der Waals surface area contributed by atoms with Gasteiger partial charge in [0.05, 0.1) is 36.6 Å². The number of nitrogens with one attached hydrogen (secondary N) is 1. The monoisotopic (exact) mass is 700 g/mol. The fraction of sp³-hybridized carbons (Fsp3) is 0.500. The second-order valence-corrected chi connectivity index (χ2v) is 13.7. The number of amides is 3. The van der Waals surface area contributed by atoms with Crippen LogP contribution < -0.4 is 15.1 Å². The number of aliphatic hydroxyl groups excluding tert-OH is 1. The molecule has 5 rings (SSSR count). The van der Waals surface area contributed by atoms with Crippen LogP contribution in [0.25, 0.3) is 0 Å². The number of fused-ring (bicyclic) bond motifs is 1. The van der Waals surface area contributed by atoms with Crippen LogP contribution in [-0.4, -0.2) is 89.8 Å². The standard InChI is InChI=1S/C40H52N4O7/c1-7-11-17-32(46)41-27(6)35(28-15-13-12-14-16-28)50-39(49)33-31-22-23-40(51-31)34(33)37(47)44(26(5)25-45)36(40)38(48)43(24-8-2)30-20-18-29(19-21-30)42(9-3)10-4/h7-8,12-16,18-21,26-27,31,33-36,45H,1-2,9-11,17,22-25H2,3-6H3,(H,41,46)/t26-,27-,31-,33+,34+,35-,36-,40+/m1/s1. The summed E-state index contributed by atoms with van der Waals surface area (Å²) in [5.41, 5.74) is 1.06. The zero-order valence-corrected chi connectivity index (χ0v) is 30.2. The number of hydrogen-bond acceptors (Lipinski definition) is 8. The number of carbonyl (C=O) groups is 4. The number of anilines is 2. The third-order valence-corrected chi connectivity index (χ3v) is 10.6. The molecule has 2 aromatic carbocycles. The Morgan fingerprint density at radius 3 is 2.33 bits per heavy atom. The zero-order chi connectivity index (χ0) is 36.9. The van der Waals surface area contributed by atoms with Crippen molar-refractivity contribution in [3.05, 3.63) is 85.5 Å². The first kappa shape index (κ1) is 37.8. The number of nitrogens with zero attached hydrogens (tertiary/aromatic N) is 3. The molecule has 2 bridgehead atoms. The molecule has 0 aliphatic carbocycles. The van der Waals surface area contributed by atoms with Crippen molar-refractivity contribution in [2.24, 2.45) is 11.8 Å². The Hall–Kier alpha value is -4.48. The summed E-state index contributed by atoms with van der Waals surface area (Å²) in [6.45, 7) is 16.7. The van der Waals surface area contributed by atoms with Crippen molar-refractivity contribution in [2.75, 3.05) is 36.0 Å². The van der Waals surface area contributed by atoms with E-state index in [0.29, 0.717) is 30.5 Å². The molecule has 0 aromatic heterocycles. The van der Waals surface area contributed by atoms with Gasteiger partial charge in [-0.2, -0.15) is 0 Å². The Labute approximate surface area is 301 Å². The molecule has 2 N–H and O–H groups in total. The molecule has 8 atom stereocenters. The van der Waals surface area contributed by atoms with Gasteiger partial charge >= 0.3 is 5.97 Å². The van der Waals surface area contributed by atoms with Gasteiger partial charge in [-0.1, -0.05) is 42.5 Å². The summed E-state index contributed by atoms with van der Waals surface area (Å²) in [6.07, 6.45) is 3.43. The summed E-state index contributed by atoms with van der Waals surface area (Å²) in [4.78, 5) is 61.5. The van der Waals surface area contributed by atoms with E-state index in [0.717, 1.165) is 18.8 Å². The highest BCUT2D eigenvalue weighted by Gasteiger charge is 2.75. The quantitative estimate of drug-likeness (QED) is 0.182. The maximum Gasteiger partial charge on any atom is 0.313 e. The fourth-order valence-corrected chi connectivity index (χ4v) is 8.17. The lowest BCUT2D eigenvalue weighted by Crippen LogP contribution is -2.58. The average molecular weight is 701 g/mol. The van der Waals surface area contributed by atoms with E-state index in [2.05, 4.69) is 37.2 Å². The molecular weight excluding hydrogens is 648 g/mol. The van der Waals surface area contributed by atoms with E-state index in [4.69, 9.17) is 9.47 Å². The minimum atomic E-state index is -1.29. The number of benzene rings is 2. The molecule has 3 amide bonds. The molecule has 274 valence electrons. The lowest BCUT2D eigenvalue weighted by molar-refractivity contribution is -0.162. The number of allylic oxidation sites excluding steroid dienone is 1. The van der Waals surface area contributed by atoms with Gasteiger partial charge in [0.15, 0.2) is 0 Å². The van der Waals surface area contributed by atoms with Crippen molar-refractivity contribution >= 4 is 35.1 Å². The molecule has 3 heterocycles. The first-order valence-electron chi connectivity index (χ1n) is 18.1. The molecule has 3 fully saturated rings.